The molecule has 2 N–H and O–H groups in total. The molecule has 3 aliphatic heterocycles. The first-order chi connectivity index (χ1) is 14.8. The molecule has 1 spiro atoms. The van der Waals surface area contributed by atoms with Crippen molar-refractivity contribution >= 4 is 5.69 Å². The van der Waals surface area contributed by atoms with Gasteiger partial charge in [0.15, 0.2) is 0 Å². The molecule has 2 unspecified atom stereocenters. The molecule has 5 rings (SSSR count). The molecule has 3 aliphatic rings. The number of nitrogens with zero attached hydrogens (tertiary/aromatic N) is 2. The van der Waals surface area contributed by atoms with Gasteiger partial charge in [-0.15, -0.1) is 9.60 Å². The lowest BCUT2D eigenvalue weighted by atomic mass is 9.79. The van der Waals surface area contributed by atoms with Gasteiger partial charge in [-0.3, -0.25) is 0 Å². The number of morpholine rings is 1. The van der Waals surface area contributed by atoms with Crippen molar-refractivity contribution in [3.8, 4) is 17.2 Å². The lowest BCUT2D eigenvalue weighted by molar-refractivity contribution is -0.190. The van der Waals surface area contributed by atoms with Crippen molar-refractivity contribution in [3.05, 3.63) is 47.5 Å². The predicted octanol–water partition coefficient (Wildman–Crippen LogP) is 3.78. The van der Waals surface area contributed by atoms with Gasteiger partial charge in [0.05, 0.1) is 20.3 Å². The average Bonchev–Trinajstić information content (AvgIpc) is 2.77. The highest BCUT2D eigenvalue weighted by Gasteiger charge is 2.53. The monoisotopic (exact) mass is 435 g/mol. The third-order valence-corrected chi connectivity index (χ3v) is 6.38. The topological polar surface area (TPSA) is 60.2 Å². The molecule has 2 saturated heterocycles. The maximum absolute atomic E-state index is 15.8. The summed E-state index contributed by atoms with van der Waals surface area (Å²) < 4.78 is 60.2. The molecule has 0 radical (unpaired) electrons. The van der Waals surface area contributed by atoms with Gasteiger partial charge in [0.1, 0.15) is 29.0 Å². The van der Waals surface area contributed by atoms with E-state index in [1.807, 2.05) is 11.0 Å². The maximum Gasteiger partial charge on any atom is 0.251 e. The average molecular weight is 435 g/mol. The second kappa shape index (κ2) is 7.29. The maximum atomic E-state index is 15.8. The fourth-order valence-electron chi connectivity index (χ4n) is 4.65. The molecule has 0 amide bonds. The van der Waals surface area contributed by atoms with Crippen LogP contribution in [0.3, 0.4) is 0 Å². The summed E-state index contributed by atoms with van der Waals surface area (Å²) >= 11 is 0. The van der Waals surface area contributed by atoms with E-state index in [2.05, 4.69) is 0 Å². The zero-order chi connectivity index (χ0) is 21.8. The number of alkyl halides is 2. The largest absolute Gasteiger partial charge is 0.497 e. The van der Waals surface area contributed by atoms with Crippen LogP contribution >= 0.6 is 0 Å². The van der Waals surface area contributed by atoms with E-state index in [4.69, 9.17) is 19.9 Å². The fourth-order valence-corrected chi connectivity index (χ4v) is 4.65. The summed E-state index contributed by atoms with van der Waals surface area (Å²) in [5, 5.41) is 0.615. The first kappa shape index (κ1) is 20.4. The van der Waals surface area contributed by atoms with Gasteiger partial charge in [0.2, 0.25) is 0 Å². The fraction of sp³-hybridized carbons (Fsp3) is 0.455. The summed E-state index contributed by atoms with van der Waals surface area (Å²) in [6.07, 6.45) is -1.40. The summed E-state index contributed by atoms with van der Waals surface area (Å²) in [7, 11) is 1.53. The highest BCUT2D eigenvalue weighted by Crippen LogP contribution is 2.53. The van der Waals surface area contributed by atoms with Gasteiger partial charge < -0.3 is 24.8 Å². The predicted molar refractivity (Wildman–Crippen MR) is 108 cm³/mol. The van der Waals surface area contributed by atoms with Gasteiger partial charge >= 0.3 is 0 Å². The van der Waals surface area contributed by atoms with Crippen LogP contribution in [0.2, 0.25) is 0 Å². The smallest absolute Gasteiger partial charge is 0.251 e. The van der Waals surface area contributed by atoms with Crippen molar-refractivity contribution in [1.29, 1.82) is 0 Å². The van der Waals surface area contributed by atoms with Gasteiger partial charge in [-0.1, -0.05) is 0 Å². The summed E-state index contributed by atoms with van der Waals surface area (Å²) in [5.41, 5.74) is 6.51. The van der Waals surface area contributed by atoms with Crippen molar-refractivity contribution in [2.45, 2.75) is 30.5 Å². The molecule has 6 nitrogen and oxygen atoms in total. The minimum atomic E-state index is -2.65. The van der Waals surface area contributed by atoms with Crippen molar-refractivity contribution in [3.63, 3.8) is 0 Å². The summed E-state index contributed by atoms with van der Waals surface area (Å²) in [6, 6.07) is 10.6. The van der Waals surface area contributed by atoms with Gasteiger partial charge in [-0.25, -0.2) is 8.78 Å². The second-order valence-corrected chi connectivity index (χ2v) is 8.24. The van der Waals surface area contributed by atoms with Gasteiger partial charge in [-0.2, -0.15) is 0 Å². The van der Waals surface area contributed by atoms with E-state index >= 15 is 4.48 Å². The van der Waals surface area contributed by atoms with E-state index in [1.54, 1.807) is 30.3 Å². The highest BCUT2D eigenvalue weighted by atomic mass is 19.3. The van der Waals surface area contributed by atoms with Crippen LogP contribution in [0.5, 0.6) is 17.2 Å². The van der Waals surface area contributed by atoms with Gasteiger partial charge in [-0.05, 0) is 36.4 Å². The van der Waals surface area contributed by atoms with Crippen LogP contribution in [-0.2, 0) is 10.3 Å². The molecule has 31 heavy (non-hydrogen) atoms. The Morgan fingerprint density at radius 1 is 1.06 bits per heavy atom. The molecule has 0 aromatic heterocycles. The van der Waals surface area contributed by atoms with Crippen molar-refractivity contribution in [1.82, 2.24) is 5.12 Å². The molecule has 166 valence electrons. The van der Waals surface area contributed by atoms with Crippen molar-refractivity contribution in [2.75, 3.05) is 38.3 Å². The molecule has 0 bridgehead atoms. The highest BCUT2D eigenvalue weighted by molar-refractivity contribution is 5.64. The Kier molecular flexibility index (Phi) is 4.80. The summed E-state index contributed by atoms with van der Waals surface area (Å²) in [5.74, 6) is -1.14. The van der Waals surface area contributed by atoms with Crippen LogP contribution in [-0.4, -0.2) is 50.6 Å². The Hall–Kier alpha value is -2.49. The van der Waals surface area contributed by atoms with E-state index in [0.717, 1.165) is 5.69 Å². The Morgan fingerprint density at radius 2 is 1.74 bits per heavy atom. The van der Waals surface area contributed by atoms with Crippen LogP contribution < -0.4 is 20.1 Å². The number of anilines is 1. The molecule has 3 heterocycles. The second-order valence-electron chi connectivity index (χ2n) is 8.24. The first-order valence-corrected chi connectivity index (χ1v) is 10.3. The van der Waals surface area contributed by atoms with E-state index < -0.39 is 17.6 Å². The van der Waals surface area contributed by atoms with Crippen molar-refractivity contribution in [2.24, 2.45) is 5.73 Å². The van der Waals surface area contributed by atoms with Crippen LogP contribution in [0.1, 0.15) is 24.0 Å². The van der Waals surface area contributed by atoms with Crippen LogP contribution in [0.4, 0.5) is 18.9 Å². The minimum Gasteiger partial charge on any atom is -0.497 e. The minimum absolute atomic E-state index is 0.0231. The number of hydrogen-bond acceptors (Lipinski definition) is 6. The SMILES string of the molecule is COc1ccc2c(c1)C1(COCC(N)N1F)c1cc(N3CCC(F)(F)CC3)ccc1O2. The third kappa shape index (κ3) is 3.22. The Labute approximate surface area is 178 Å². The third-order valence-electron chi connectivity index (χ3n) is 6.38. The number of rotatable bonds is 2. The molecule has 2 fully saturated rings. The number of halogens is 3. The molecule has 2 aromatic rings. The number of benzene rings is 2. The lowest BCUT2D eigenvalue weighted by Crippen LogP contribution is -2.60. The number of nitrogens with two attached hydrogens (primary N) is 1. The molecular formula is C22H24F3N3O3. The molecule has 0 saturated carbocycles. The first-order valence-electron chi connectivity index (χ1n) is 10.3. The quantitative estimate of drug-likeness (QED) is 0.725. The molecule has 2 aromatic carbocycles. The van der Waals surface area contributed by atoms with Gasteiger partial charge in [0, 0.05) is 42.7 Å². The standard InChI is InChI=1S/C22H24F3N3O3/c1-29-15-3-5-19-17(11-15)22(13-30-12-20(26)28(22)25)16-10-14(2-4-18(16)31-19)27-8-6-21(23,24)7-9-27/h2-5,10-11,20H,6-9,12-13,26H2,1H3. The summed E-state index contributed by atoms with van der Waals surface area (Å²) in [4.78, 5) is 1.89. The number of hydrogen-bond donors (Lipinski definition) is 1. The molecule has 0 aliphatic carbocycles. The molecular weight excluding hydrogens is 411 g/mol. The van der Waals surface area contributed by atoms with E-state index in [-0.39, 0.29) is 39.1 Å². The van der Waals surface area contributed by atoms with Crippen LogP contribution in [0.15, 0.2) is 36.4 Å². The molecule has 9 heteroatoms. The number of ether oxygens (including phenoxy) is 3. The van der Waals surface area contributed by atoms with E-state index in [1.165, 1.54) is 7.11 Å². The normalized spacial score (nSPS) is 27.4. The van der Waals surface area contributed by atoms with Crippen LogP contribution in [0.25, 0.3) is 0 Å². The lowest BCUT2D eigenvalue weighted by Gasteiger charge is -2.48. The number of methoxy groups -OCH3 is 1. The summed E-state index contributed by atoms with van der Waals surface area (Å²) in [6.45, 7) is 0.517. The van der Waals surface area contributed by atoms with E-state index in [0.29, 0.717) is 33.5 Å². The Balaban J connectivity index is 1.63. The Morgan fingerprint density at radius 3 is 2.45 bits per heavy atom. The number of piperidine rings is 1. The molecule has 2 atom stereocenters. The van der Waals surface area contributed by atoms with E-state index in [9.17, 15) is 8.78 Å². The zero-order valence-corrected chi connectivity index (χ0v) is 17.1. The van der Waals surface area contributed by atoms with Crippen molar-refractivity contribution < 1.29 is 27.5 Å². The van der Waals surface area contributed by atoms with Crippen LogP contribution in [0, 0.1) is 0 Å². The number of fused-ring (bicyclic) bond motifs is 4. The zero-order valence-electron chi connectivity index (χ0n) is 17.1. The van der Waals surface area contributed by atoms with Gasteiger partial charge in [0.25, 0.3) is 5.92 Å². The Bertz CT molecular complexity index is 995.